The van der Waals surface area contributed by atoms with Crippen LogP contribution in [0.1, 0.15) is 12.8 Å². The molecule has 1 heterocycles. The lowest BCUT2D eigenvalue weighted by molar-refractivity contribution is 0.0936. The molecule has 5 nitrogen and oxygen atoms in total. The van der Waals surface area contributed by atoms with Crippen molar-refractivity contribution in [1.82, 2.24) is 9.80 Å². The molecule has 1 unspecified atom stereocenters. The van der Waals surface area contributed by atoms with Crippen molar-refractivity contribution in [3.63, 3.8) is 0 Å². The Morgan fingerprint density at radius 2 is 2.43 bits per heavy atom. The molecule has 0 radical (unpaired) electrons. The Morgan fingerprint density at radius 3 is 2.86 bits per heavy atom. The molecule has 5 heteroatoms. The number of amides is 2. The minimum Gasteiger partial charge on any atom is -0.396 e. The largest absolute Gasteiger partial charge is 0.396 e. The van der Waals surface area contributed by atoms with Crippen LogP contribution in [-0.4, -0.2) is 60.3 Å². The van der Waals surface area contributed by atoms with Crippen molar-refractivity contribution in [2.75, 3.05) is 33.3 Å². The van der Waals surface area contributed by atoms with Crippen LogP contribution in [0.2, 0.25) is 0 Å². The predicted octanol–water partition coefficient (Wildman–Crippen LogP) is -0.546. The second kappa shape index (κ2) is 5.17. The Kier molecular flexibility index (Phi) is 4.16. The van der Waals surface area contributed by atoms with Gasteiger partial charge in [0.15, 0.2) is 0 Å². The van der Waals surface area contributed by atoms with Crippen molar-refractivity contribution in [2.45, 2.75) is 18.9 Å². The van der Waals surface area contributed by atoms with Crippen LogP contribution in [0, 0.1) is 0 Å². The molecule has 14 heavy (non-hydrogen) atoms. The molecule has 0 aromatic heterocycles. The van der Waals surface area contributed by atoms with E-state index in [-0.39, 0.29) is 18.7 Å². The summed E-state index contributed by atoms with van der Waals surface area (Å²) in [5.41, 5.74) is 5.19. The van der Waals surface area contributed by atoms with Gasteiger partial charge in [-0.3, -0.25) is 0 Å². The van der Waals surface area contributed by atoms with Crippen LogP contribution in [0.5, 0.6) is 0 Å². The first-order valence-electron chi connectivity index (χ1n) is 5.00. The third kappa shape index (κ3) is 2.85. The molecule has 1 saturated heterocycles. The van der Waals surface area contributed by atoms with E-state index in [1.54, 1.807) is 4.90 Å². The second-order valence-corrected chi connectivity index (χ2v) is 3.81. The molecule has 2 amide bonds. The zero-order chi connectivity index (χ0) is 10.6. The molecular formula is C9H19N3O2. The molecule has 1 aliphatic rings. The normalized spacial score (nSPS) is 21.1. The minimum atomic E-state index is -0.322. The SMILES string of the molecule is CN(CCCO)CC1CCN1C(N)=O. The van der Waals surface area contributed by atoms with Crippen LogP contribution in [0.3, 0.4) is 0 Å². The molecule has 1 atom stereocenters. The van der Waals surface area contributed by atoms with Gasteiger partial charge in [0.1, 0.15) is 0 Å². The van der Waals surface area contributed by atoms with Gasteiger partial charge in [-0.25, -0.2) is 4.79 Å². The van der Waals surface area contributed by atoms with E-state index < -0.39 is 0 Å². The summed E-state index contributed by atoms with van der Waals surface area (Å²) in [6.07, 6.45) is 1.81. The molecule has 1 aliphatic heterocycles. The van der Waals surface area contributed by atoms with Gasteiger partial charge in [0.2, 0.25) is 0 Å². The standard InChI is InChI=1S/C9H19N3O2/c1-11(4-2-6-13)7-8-3-5-12(8)9(10)14/h8,13H,2-7H2,1H3,(H2,10,14). The molecular weight excluding hydrogens is 182 g/mol. The number of carbonyl (C=O) groups is 1. The number of likely N-dealkylation sites (tertiary alicyclic amines) is 1. The summed E-state index contributed by atoms with van der Waals surface area (Å²) in [4.78, 5) is 14.7. The van der Waals surface area contributed by atoms with E-state index in [2.05, 4.69) is 4.90 Å². The lowest BCUT2D eigenvalue weighted by Gasteiger charge is -2.41. The molecule has 0 aromatic carbocycles. The van der Waals surface area contributed by atoms with E-state index in [4.69, 9.17) is 10.8 Å². The highest BCUT2D eigenvalue weighted by Gasteiger charge is 2.31. The van der Waals surface area contributed by atoms with Gasteiger partial charge in [0.25, 0.3) is 0 Å². The number of nitrogens with two attached hydrogens (primary N) is 1. The van der Waals surface area contributed by atoms with Gasteiger partial charge >= 0.3 is 6.03 Å². The third-order valence-corrected chi connectivity index (χ3v) is 2.65. The fourth-order valence-electron chi connectivity index (χ4n) is 1.71. The van der Waals surface area contributed by atoms with Crippen LogP contribution in [0.25, 0.3) is 0 Å². The van der Waals surface area contributed by atoms with E-state index in [0.717, 1.165) is 32.5 Å². The molecule has 3 N–H and O–H groups in total. The van der Waals surface area contributed by atoms with Crippen LogP contribution in [0.4, 0.5) is 4.79 Å². The molecule has 0 aromatic rings. The zero-order valence-electron chi connectivity index (χ0n) is 8.65. The fraction of sp³-hybridized carbons (Fsp3) is 0.889. The highest BCUT2D eigenvalue weighted by molar-refractivity contribution is 5.73. The van der Waals surface area contributed by atoms with E-state index in [1.807, 2.05) is 7.05 Å². The number of aliphatic hydroxyl groups is 1. The number of likely N-dealkylation sites (N-methyl/N-ethyl adjacent to an activating group) is 1. The number of urea groups is 1. The van der Waals surface area contributed by atoms with Crippen molar-refractivity contribution in [1.29, 1.82) is 0 Å². The van der Waals surface area contributed by atoms with Crippen LogP contribution < -0.4 is 5.73 Å². The first-order chi connectivity index (χ1) is 6.65. The maximum atomic E-state index is 10.9. The topological polar surface area (TPSA) is 69.8 Å². The van der Waals surface area contributed by atoms with E-state index in [0.29, 0.717) is 0 Å². The number of primary amides is 1. The number of hydrogen-bond acceptors (Lipinski definition) is 3. The summed E-state index contributed by atoms with van der Waals surface area (Å²) in [7, 11) is 1.99. The smallest absolute Gasteiger partial charge is 0.315 e. The van der Waals surface area contributed by atoms with Crippen molar-refractivity contribution in [3.05, 3.63) is 0 Å². The van der Waals surface area contributed by atoms with Gasteiger partial charge in [-0.1, -0.05) is 0 Å². The molecule has 1 fully saturated rings. The van der Waals surface area contributed by atoms with E-state index >= 15 is 0 Å². The fourth-order valence-corrected chi connectivity index (χ4v) is 1.71. The number of hydrogen-bond donors (Lipinski definition) is 2. The molecule has 0 aliphatic carbocycles. The monoisotopic (exact) mass is 201 g/mol. The van der Waals surface area contributed by atoms with Gasteiger partial charge in [-0.2, -0.15) is 0 Å². The van der Waals surface area contributed by atoms with Gasteiger partial charge in [0, 0.05) is 32.3 Å². The quantitative estimate of drug-likeness (QED) is 0.627. The molecule has 82 valence electrons. The van der Waals surface area contributed by atoms with Crippen molar-refractivity contribution < 1.29 is 9.90 Å². The van der Waals surface area contributed by atoms with Gasteiger partial charge in [-0.05, 0) is 19.9 Å². The summed E-state index contributed by atoms with van der Waals surface area (Å²) in [5.74, 6) is 0. The molecule has 1 rings (SSSR count). The number of aliphatic hydroxyl groups excluding tert-OH is 1. The third-order valence-electron chi connectivity index (χ3n) is 2.65. The molecule has 0 bridgehead atoms. The average molecular weight is 201 g/mol. The Labute approximate surface area is 84.5 Å². The van der Waals surface area contributed by atoms with Crippen LogP contribution >= 0.6 is 0 Å². The molecule has 0 saturated carbocycles. The zero-order valence-corrected chi connectivity index (χ0v) is 8.65. The van der Waals surface area contributed by atoms with Gasteiger partial charge in [-0.15, -0.1) is 0 Å². The number of rotatable bonds is 5. The highest BCUT2D eigenvalue weighted by Crippen LogP contribution is 2.17. The summed E-state index contributed by atoms with van der Waals surface area (Å²) >= 11 is 0. The minimum absolute atomic E-state index is 0.217. The Balaban J connectivity index is 2.20. The lowest BCUT2D eigenvalue weighted by Crippen LogP contribution is -2.57. The first-order valence-corrected chi connectivity index (χ1v) is 5.00. The average Bonchev–Trinajstić information content (AvgIpc) is 2.08. The summed E-state index contributed by atoms with van der Waals surface area (Å²) in [6, 6.07) is -0.0481. The Bertz CT molecular complexity index is 198. The summed E-state index contributed by atoms with van der Waals surface area (Å²) in [5, 5.41) is 8.65. The van der Waals surface area contributed by atoms with Gasteiger partial charge in [0.05, 0.1) is 0 Å². The first kappa shape index (κ1) is 11.3. The Hall–Kier alpha value is -0.810. The highest BCUT2D eigenvalue weighted by atomic mass is 16.3. The van der Waals surface area contributed by atoms with Crippen molar-refractivity contribution in [3.8, 4) is 0 Å². The molecule has 0 spiro atoms. The van der Waals surface area contributed by atoms with Crippen LogP contribution in [-0.2, 0) is 0 Å². The maximum absolute atomic E-state index is 10.9. The number of nitrogens with zero attached hydrogens (tertiary/aromatic N) is 2. The lowest BCUT2D eigenvalue weighted by atomic mass is 10.0. The number of carbonyl (C=O) groups excluding carboxylic acids is 1. The second-order valence-electron chi connectivity index (χ2n) is 3.81. The van der Waals surface area contributed by atoms with Crippen LogP contribution in [0.15, 0.2) is 0 Å². The summed E-state index contributed by atoms with van der Waals surface area (Å²) < 4.78 is 0. The van der Waals surface area contributed by atoms with Crippen molar-refractivity contribution in [2.24, 2.45) is 5.73 Å². The van der Waals surface area contributed by atoms with E-state index in [1.165, 1.54) is 0 Å². The van der Waals surface area contributed by atoms with E-state index in [9.17, 15) is 4.79 Å². The van der Waals surface area contributed by atoms with Gasteiger partial charge < -0.3 is 20.6 Å². The van der Waals surface area contributed by atoms with Crippen molar-refractivity contribution >= 4 is 6.03 Å². The maximum Gasteiger partial charge on any atom is 0.315 e. The summed E-state index contributed by atoms with van der Waals surface area (Å²) in [6.45, 7) is 2.71. The Morgan fingerprint density at radius 1 is 1.71 bits per heavy atom. The predicted molar refractivity (Wildman–Crippen MR) is 53.9 cm³/mol.